The van der Waals surface area contributed by atoms with E-state index in [1.165, 1.54) is 13.4 Å². The Hall–Kier alpha value is -1.32. The van der Waals surface area contributed by atoms with Gasteiger partial charge in [0.25, 0.3) is 0 Å². The van der Waals surface area contributed by atoms with Gasteiger partial charge in [0.15, 0.2) is 5.89 Å². The van der Waals surface area contributed by atoms with Crippen LogP contribution in [0.5, 0.6) is 0 Å². The minimum atomic E-state index is -0.913. The zero-order valence-electron chi connectivity index (χ0n) is 11.7. The van der Waals surface area contributed by atoms with Crippen molar-refractivity contribution in [3.05, 3.63) is 15.9 Å². The summed E-state index contributed by atoms with van der Waals surface area (Å²) >= 11 is 1.98. The summed E-state index contributed by atoms with van der Waals surface area (Å²) in [4.78, 5) is 27.4. The smallest absolute Gasteiger partial charge is 0.408 e. The summed E-state index contributed by atoms with van der Waals surface area (Å²) in [6.45, 7) is 5.20. The standard InChI is InChI=1S/C12H17IN2O5/c1-12(2,3)20-11(17)14-7(10(16)18-4)5-9-15-8(13)6-19-9/h6-7H,5H2,1-4H3,(H,14,17)/t7-/m0/s1. The van der Waals surface area contributed by atoms with Gasteiger partial charge in [0.05, 0.1) is 13.5 Å². The van der Waals surface area contributed by atoms with Crippen molar-refractivity contribution < 1.29 is 23.5 Å². The number of hydrogen-bond acceptors (Lipinski definition) is 6. The number of esters is 1. The Morgan fingerprint density at radius 3 is 2.60 bits per heavy atom. The molecular formula is C12H17IN2O5. The van der Waals surface area contributed by atoms with Crippen LogP contribution in [0.1, 0.15) is 26.7 Å². The largest absolute Gasteiger partial charge is 0.467 e. The lowest BCUT2D eigenvalue weighted by molar-refractivity contribution is -0.143. The van der Waals surface area contributed by atoms with Gasteiger partial charge in [-0.1, -0.05) is 0 Å². The third kappa shape index (κ3) is 5.76. The number of carbonyl (C=O) groups is 2. The molecule has 0 aliphatic heterocycles. The minimum absolute atomic E-state index is 0.0922. The maximum Gasteiger partial charge on any atom is 0.408 e. The SMILES string of the molecule is COC(=O)[C@H](Cc1nc(I)co1)NC(=O)OC(C)(C)C. The number of oxazole rings is 1. The van der Waals surface area contributed by atoms with Crippen LogP contribution in [0.25, 0.3) is 0 Å². The van der Waals surface area contributed by atoms with Crippen LogP contribution in [0.3, 0.4) is 0 Å². The lowest BCUT2D eigenvalue weighted by Crippen LogP contribution is -2.45. The fourth-order valence-electron chi connectivity index (χ4n) is 1.34. The summed E-state index contributed by atoms with van der Waals surface area (Å²) < 4.78 is 15.6. The zero-order chi connectivity index (χ0) is 15.3. The van der Waals surface area contributed by atoms with Crippen LogP contribution >= 0.6 is 22.6 Å². The number of hydrogen-bond donors (Lipinski definition) is 1. The third-order valence-corrected chi connectivity index (χ3v) is 2.57. The molecule has 1 aromatic rings. The van der Waals surface area contributed by atoms with E-state index in [4.69, 9.17) is 9.15 Å². The van der Waals surface area contributed by atoms with Crippen LogP contribution in [-0.4, -0.2) is 35.8 Å². The highest BCUT2D eigenvalue weighted by Crippen LogP contribution is 2.10. The third-order valence-electron chi connectivity index (χ3n) is 2.08. The molecule has 112 valence electrons. The number of rotatable bonds is 4. The number of alkyl carbamates (subject to hydrolysis) is 1. The molecule has 8 heteroatoms. The van der Waals surface area contributed by atoms with Gasteiger partial charge in [0.1, 0.15) is 21.6 Å². The normalized spacial score (nSPS) is 12.7. The quantitative estimate of drug-likeness (QED) is 0.618. The molecule has 1 aromatic heterocycles. The summed E-state index contributed by atoms with van der Waals surface area (Å²) in [7, 11) is 1.24. The number of halogens is 1. The van der Waals surface area contributed by atoms with Crippen LogP contribution in [0.2, 0.25) is 0 Å². The van der Waals surface area contributed by atoms with Crippen molar-refractivity contribution in [2.24, 2.45) is 0 Å². The first kappa shape index (κ1) is 16.7. The molecule has 0 saturated heterocycles. The van der Waals surface area contributed by atoms with Gasteiger partial charge >= 0.3 is 12.1 Å². The average Bonchev–Trinajstić information content (AvgIpc) is 2.70. The number of ether oxygens (including phenoxy) is 2. The first-order valence-electron chi connectivity index (χ1n) is 5.88. The number of amides is 1. The van der Waals surface area contributed by atoms with Crippen LogP contribution in [0.4, 0.5) is 4.79 Å². The predicted octanol–water partition coefficient (Wildman–Crippen LogP) is 1.89. The zero-order valence-corrected chi connectivity index (χ0v) is 13.9. The van der Waals surface area contributed by atoms with Crippen LogP contribution in [0, 0.1) is 3.70 Å². The van der Waals surface area contributed by atoms with Gasteiger partial charge in [-0.25, -0.2) is 14.6 Å². The molecule has 0 radical (unpaired) electrons. The number of aromatic nitrogens is 1. The highest BCUT2D eigenvalue weighted by Gasteiger charge is 2.26. The van der Waals surface area contributed by atoms with Gasteiger partial charge in [0.2, 0.25) is 0 Å². The van der Waals surface area contributed by atoms with E-state index < -0.39 is 23.7 Å². The Morgan fingerprint density at radius 1 is 1.50 bits per heavy atom. The number of nitrogens with zero attached hydrogens (tertiary/aromatic N) is 1. The van der Waals surface area contributed by atoms with Gasteiger partial charge in [-0.3, -0.25) is 0 Å². The van der Waals surface area contributed by atoms with Crippen molar-refractivity contribution in [2.45, 2.75) is 38.8 Å². The molecule has 20 heavy (non-hydrogen) atoms. The van der Waals surface area contributed by atoms with E-state index in [1.807, 2.05) is 22.6 Å². The van der Waals surface area contributed by atoms with Crippen LogP contribution in [0.15, 0.2) is 10.7 Å². The lowest BCUT2D eigenvalue weighted by atomic mass is 10.2. The molecular weight excluding hydrogens is 379 g/mol. The monoisotopic (exact) mass is 396 g/mol. The molecule has 1 rings (SSSR count). The summed E-state index contributed by atoms with van der Waals surface area (Å²) in [6.07, 6.45) is 0.848. The van der Waals surface area contributed by atoms with E-state index in [9.17, 15) is 9.59 Å². The van der Waals surface area contributed by atoms with Gasteiger partial charge < -0.3 is 19.2 Å². The predicted molar refractivity (Wildman–Crippen MR) is 78.1 cm³/mol. The lowest BCUT2D eigenvalue weighted by Gasteiger charge is -2.22. The van der Waals surface area contributed by atoms with E-state index in [1.54, 1.807) is 20.8 Å². The fourth-order valence-corrected chi connectivity index (χ4v) is 1.74. The Bertz CT molecular complexity index is 480. The molecule has 1 N–H and O–H groups in total. The second-order valence-corrected chi connectivity index (χ2v) is 6.10. The van der Waals surface area contributed by atoms with Crippen molar-refractivity contribution in [1.29, 1.82) is 0 Å². The summed E-state index contributed by atoms with van der Waals surface area (Å²) in [5.41, 5.74) is -0.650. The van der Waals surface area contributed by atoms with E-state index >= 15 is 0 Å². The molecule has 1 heterocycles. The van der Waals surface area contributed by atoms with E-state index in [-0.39, 0.29) is 6.42 Å². The van der Waals surface area contributed by atoms with Crippen molar-refractivity contribution in [3.8, 4) is 0 Å². The topological polar surface area (TPSA) is 90.7 Å². The summed E-state index contributed by atoms with van der Waals surface area (Å²) in [5, 5.41) is 2.44. The van der Waals surface area contributed by atoms with Gasteiger partial charge in [-0.2, -0.15) is 0 Å². The second-order valence-electron chi connectivity index (χ2n) is 4.99. The summed E-state index contributed by atoms with van der Waals surface area (Å²) in [6, 6.07) is -0.913. The molecule has 0 aliphatic carbocycles. The maximum absolute atomic E-state index is 11.7. The Morgan fingerprint density at radius 2 is 2.15 bits per heavy atom. The van der Waals surface area contributed by atoms with Crippen molar-refractivity contribution in [2.75, 3.05) is 7.11 Å². The van der Waals surface area contributed by atoms with E-state index in [0.29, 0.717) is 9.59 Å². The molecule has 0 saturated carbocycles. The number of methoxy groups -OCH3 is 1. The van der Waals surface area contributed by atoms with Crippen molar-refractivity contribution in [1.82, 2.24) is 10.3 Å². The second kappa shape index (κ2) is 6.91. The molecule has 1 atom stereocenters. The van der Waals surface area contributed by atoms with Crippen molar-refractivity contribution >= 4 is 34.7 Å². The number of carbonyl (C=O) groups excluding carboxylic acids is 2. The van der Waals surface area contributed by atoms with Gasteiger partial charge in [0, 0.05) is 0 Å². The molecule has 0 aliphatic rings. The first-order chi connectivity index (χ1) is 9.21. The Balaban J connectivity index is 2.70. The molecule has 1 amide bonds. The molecule has 7 nitrogen and oxygen atoms in total. The summed E-state index contributed by atoms with van der Waals surface area (Å²) in [5.74, 6) is -0.259. The molecule has 0 bridgehead atoms. The Kier molecular flexibility index (Phi) is 5.78. The van der Waals surface area contributed by atoms with Crippen LogP contribution in [-0.2, 0) is 20.7 Å². The van der Waals surface area contributed by atoms with Gasteiger partial charge in [-0.05, 0) is 43.4 Å². The maximum atomic E-state index is 11.7. The highest BCUT2D eigenvalue weighted by molar-refractivity contribution is 14.1. The first-order valence-corrected chi connectivity index (χ1v) is 6.96. The van der Waals surface area contributed by atoms with Crippen molar-refractivity contribution in [3.63, 3.8) is 0 Å². The minimum Gasteiger partial charge on any atom is -0.467 e. The number of nitrogens with one attached hydrogen (secondary N) is 1. The van der Waals surface area contributed by atoms with Gasteiger partial charge in [-0.15, -0.1) is 0 Å². The molecule has 0 fully saturated rings. The Labute approximate surface area is 130 Å². The molecule has 0 aromatic carbocycles. The molecule has 0 unspecified atom stereocenters. The van der Waals surface area contributed by atoms with E-state index in [0.717, 1.165) is 0 Å². The average molecular weight is 396 g/mol. The fraction of sp³-hybridized carbons (Fsp3) is 0.583. The van der Waals surface area contributed by atoms with Crippen LogP contribution < -0.4 is 5.32 Å². The highest BCUT2D eigenvalue weighted by atomic mass is 127. The molecule has 0 spiro atoms. The van der Waals surface area contributed by atoms with E-state index in [2.05, 4.69) is 15.0 Å².